The lowest BCUT2D eigenvalue weighted by molar-refractivity contribution is 0.0846. The Kier molecular flexibility index (Phi) is 3.66. The van der Waals surface area contributed by atoms with Gasteiger partial charge in [0.05, 0.1) is 11.1 Å². The first-order valence-electron chi connectivity index (χ1n) is 5.78. The molecule has 0 aliphatic carbocycles. The van der Waals surface area contributed by atoms with Gasteiger partial charge >= 0.3 is 0 Å². The highest BCUT2D eigenvalue weighted by atomic mass is 16.3. The molecule has 0 spiro atoms. The highest BCUT2D eigenvalue weighted by molar-refractivity contribution is 6.12. The van der Waals surface area contributed by atoms with Crippen molar-refractivity contribution in [2.24, 2.45) is 0 Å². The molecule has 0 atom stereocenters. The van der Waals surface area contributed by atoms with E-state index in [9.17, 15) is 30.0 Å². The van der Waals surface area contributed by atoms with Crippen LogP contribution in [-0.4, -0.2) is 32.2 Å². The molecule has 0 radical (unpaired) electrons. The number of carbonyl (C=O) groups excluding carboxylic acids is 2. The quantitative estimate of drug-likeness (QED) is 0.416. The average molecular weight is 289 g/mol. The topological polar surface area (TPSA) is 127 Å². The number of phenols is 4. The molecule has 2 aromatic carbocycles. The van der Waals surface area contributed by atoms with E-state index in [4.69, 9.17) is 0 Å². The molecule has 5 N–H and O–H groups in total. The number of phenolic OH excluding ortho intramolecular Hbond substituents is 4. The van der Waals surface area contributed by atoms with E-state index in [1.54, 1.807) is 0 Å². The van der Waals surface area contributed by atoms with E-state index in [0.29, 0.717) is 0 Å². The summed E-state index contributed by atoms with van der Waals surface area (Å²) in [6.07, 6.45) is 0. The lowest BCUT2D eigenvalue weighted by atomic mass is 10.1. The van der Waals surface area contributed by atoms with Crippen LogP contribution in [0.25, 0.3) is 0 Å². The molecule has 0 aliphatic rings. The molecular weight excluding hydrogens is 278 g/mol. The number of aromatic hydroxyl groups is 4. The third kappa shape index (κ3) is 3.03. The van der Waals surface area contributed by atoms with Crippen LogP contribution < -0.4 is 5.32 Å². The van der Waals surface area contributed by atoms with Gasteiger partial charge < -0.3 is 20.4 Å². The Hall–Kier alpha value is -3.22. The van der Waals surface area contributed by atoms with Crippen LogP contribution in [0.15, 0.2) is 36.4 Å². The van der Waals surface area contributed by atoms with E-state index in [0.717, 1.165) is 24.3 Å². The maximum atomic E-state index is 11.9. The third-order valence-electron chi connectivity index (χ3n) is 2.68. The highest BCUT2D eigenvalue weighted by Crippen LogP contribution is 2.24. The van der Waals surface area contributed by atoms with Gasteiger partial charge in [0.2, 0.25) is 0 Å². The summed E-state index contributed by atoms with van der Waals surface area (Å²) in [6, 6.07) is 6.52. The van der Waals surface area contributed by atoms with Crippen LogP contribution in [0.4, 0.5) is 0 Å². The molecule has 0 saturated carbocycles. The third-order valence-corrected chi connectivity index (χ3v) is 2.68. The minimum atomic E-state index is -0.962. The van der Waals surface area contributed by atoms with Gasteiger partial charge in [-0.2, -0.15) is 0 Å². The predicted octanol–water partition coefficient (Wildman–Crippen LogP) is 1.08. The van der Waals surface area contributed by atoms with Crippen molar-refractivity contribution in [3.05, 3.63) is 47.5 Å². The Morgan fingerprint density at radius 1 is 0.714 bits per heavy atom. The number of rotatable bonds is 2. The fourth-order valence-electron chi connectivity index (χ4n) is 1.65. The van der Waals surface area contributed by atoms with Gasteiger partial charge in [0, 0.05) is 0 Å². The molecule has 2 amide bonds. The predicted molar refractivity (Wildman–Crippen MR) is 71.3 cm³/mol. The zero-order chi connectivity index (χ0) is 15.6. The van der Waals surface area contributed by atoms with Crippen LogP contribution in [0.5, 0.6) is 23.0 Å². The number of hydrogen-bond donors (Lipinski definition) is 5. The molecule has 0 heterocycles. The number of carbonyl (C=O) groups is 2. The number of hydrogen-bond acceptors (Lipinski definition) is 6. The van der Waals surface area contributed by atoms with E-state index in [2.05, 4.69) is 0 Å². The minimum absolute atomic E-state index is 0.259. The normalized spacial score (nSPS) is 10.1. The van der Waals surface area contributed by atoms with Crippen molar-refractivity contribution in [2.75, 3.05) is 0 Å². The van der Waals surface area contributed by atoms with Gasteiger partial charge in [-0.3, -0.25) is 14.9 Å². The second-order valence-electron chi connectivity index (χ2n) is 4.19. The molecular formula is C14H11NO6. The summed E-state index contributed by atoms with van der Waals surface area (Å²) in [5.74, 6) is -3.28. The first kappa shape index (κ1) is 14.2. The van der Waals surface area contributed by atoms with Gasteiger partial charge in [0.25, 0.3) is 11.8 Å². The van der Waals surface area contributed by atoms with Crippen LogP contribution >= 0.6 is 0 Å². The molecule has 0 bridgehead atoms. The summed E-state index contributed by atoms with van der Waals surface area (Å²) in [6.45, 7) is 0. The molecule has 2 rings (SSSR count). The molecule has 0 aliphatic heterocycles. The Labute approximate surface area is 118 Å². The van der Waals surface area contributed by atoms with Crippen LogP contribution in [0, 0.1) is 0 Å². The summed E-state index contributed by atoms with van der Waals surface area (Å²) in [7, 11) is 0. The molecule has 7 heteroatoms. The van der Waals surface area contributed by atoms with Crippen molar-refractivity contribution in [3.63, 3.8) is 0 Å². The Morgan fingerprint density at radius 2 is 1.10 bits per heavy atom. The average Bonchev–Trinajstić information content (AvgIpc) is 2.43. The minimum Gasteiger partial charge on any atom is -0.508 e. The second-order valence-corrected chi connectivity index (χ2v) is 4.19. The van der Waals surface area contributed by atoms with Gasteiger partial charge in [-0.15, -0.1) is 0 Å². The summed E-state index contributed by atoms with van der Waals surface area (Å²) < 4.78 is 0. The number of nitrogens with one attached hydrogen (secondary N) is 1. The van der Waals surface area contributed by atoms with Crippen molar-refractivity contribution >= 4 is 11.8 Å². The Balaban J connectivity index is 2.25. The summed E-state index contributed by atoms with van der Waals surface area (Å²) >= 11 is 0. The zero-order valence-electron chi connectivity index (χ0n) is 10.6. The molecule has 0 unspecified atom stereocenters. The lowest BCUT2D eigenvalue weighted by Gasteiger charge is -2.08. The van der Waals surface area contributed by atoms with Crippen molar-refractivity contribution in [3.8, 4) is 23.0 Å². The summed E-state index contributed by atoms with van der Waals surface area (Å²) in [5, 5.41) is 39.5. The first-order valence-corrected chi connectivity index (χ1v) is 5.78. The SMILES string of the molecule is O=C(NC(=O)c1cc(O)ccc1O)c1cc(O)ccc1O. The van der Waals surface area contributed by atoms with Gasteiger partial charge in [0.1, 0.15) is 23.0 Å². The fraction of sp³-hybridized carbons (Fsp3) is 0. The molecule has 2 aromatic rings. The van der Waals surface area contributed by atoms with Crippen LogP contribution in [-0.2, 0) is 0 Å². The maximum Gasteiger partial charge on any atom is 0.262 e. The van der Waals surface area contributed by atoms with Crippen LogP contribution in [0.1, 0.15) is 20.7 Å². The van der Waals surface area contributed by atoms with E-state index in [1.807, 2.05) is 5.32 Å². The first-order chi connectivity index (χ1) is 9.88. The van der Waals surface area contributed by atoms with Gasteiger partial charge in [-0.05, 0) is 36.4 Å². The maximum absolute atomic E-state index is 11.9. The van der Waals surface area contributed by atoms with Crippen molar-refractivity contribution in [1.29, 1.82) is 0 Å². The number of imide groups is 1. The Bertz CT molecular complexity index is 664. The monoisotopic (exact) mass is 289 g/mol. The summed E-state index contributed by atoms with van der Waals surface area (Å²) in [5.41, 5.74) is -0.606. The summed E-state index contributed by atoms with van der Waals surface area (Å²) in [4.78, 5) is 23.7. The molecule has 7 nitrogen and oxygen atoms in total. The van der Waals surface area contributed by atoms with E-state index < -0.39 is 23.3 Å². The van der Waals surface area contributed by atoms with E-state index in [1.165, 1.54) is 12.1 Å². The lowest BCUT2D eigenvalue weighted by Crippen LogP contribution is -2.30. The van der Waals surface area contributed by atoms with Crippen molar-refractivity contribution in [1.82, 2.24) is 5.32 Å². The van der Waals surface area contributed by atoms with Crippen LogP contribution in [0.2, 0.25) is 0 Å². The highest BCUT2D eigenvalue weighted by Gasteiger charge is 2.18. The van der Waals surface area contributed by atoms with Crippen molar-refractivity contribution in [2.45, 2.75) is 0 Å². The van der Waals surface area contributed by atoms with E-state index in [-0.39, 0.29) is 22.6 Å². The van der Waals surface area contributed by atoms with Gasteiger partial charge in [0.15, 0.2) is 0 Å². The Morgan fingerprint density at radius 3 is 1.48 bits per heavy atom. The standard InChI is InChI=1S/C14H11NO6/c16-7-1-3-11(18)9(5-7)13(20)15-14(21)10-6-8(17)2-4-12(10)19/h1-6,16-19H,(H,15,20,21). The van der Waals surface area contributed by atoms with Crippen molar-refractivity contribution < 1.29 is 30.0 Å². The number of amides is 2. The zero-order valence-corrected chi connectivity index (χ0v) is 10.6. The molecule has 108 valence electrons. The van der Waals surface area contributed by atoms with Gasteiger partial charge in [-0.1, -0.05) is 0 Å². The van der Waals surface area contributed by atoms with Gasteiger partial charge in [-0.25, -0.2) is 0 Å². The van der Waals surface area contributed by atoms with E-state index >= 15 is 0 Å². The molecule has 0 aromatic heterocycles. The molecule has 0 saturated heterocycles. The second kappa shape index (κ2) is 5.41. The van der Waals surface area contributed by atoms with Crippen LogP contribution in [0.3, 0.4) is 0 Å². The molecule has 0 fully saturated rings. The smallest absolute Gasteiger partial charge is 0.262 e. The number of benzene rings is 2. The fourth-order valence-corrected chi connectivity index (χ4v) is 1.65. The molecule has 21 heavy (non-hydrogen) atoms. The largest absolute Gasteiger partial charge is 0.508 e.